The molecule has 26 heavy (non-hydrogen) atoms. The van der Waals surface area contributed by atoms with Gasteiger partial charge >= 0.3 is 0 Å². The molecule has 0 N–H and O–H groups in total. The molecule has 0 radical (unpaired) electrons. The van der Waals surface area contributed by atoms with Gasteiger partial charge in [0.2, 0.25) is 0 Å². The first-order valence-corrected chi connectivity index (χ1v) is 8.55. The van der Waals surface area contributed by atoms with Crippen LogP contribution in [0.4, 0.5) is 0 Å². The highest BCUT2D eigenvalue weighted by Gasteiger charge is 2.18. The van der Waals surface area contributed by atoms with E-state index in [1.165, 1.54) is 0 Å². The first kappa shape index (κ1) is 14.8. The molecule has 0 fully saturated rings. The first-order valence-electron chi connectivity index (χ1n) is 8.55. The molecule has 0 saturated carbocycles. The molecular formula is C22H16N4. The van der Waals surface area contributed by atoms with Gasteiger partial charge in [0.25, 0.3) is 0 Å². The summed E-state index contributed by atoms with van der Waals surface area (Å²) in [4.78, 5) is 14.7. The zero-order valence-electron chi connectivity index (χ0n) is 14.3. The Morgan fingerprint density at radius 2 is 1.15 bits per heavy atom. The summed E-state index contributed by atoms with van der Waals surface area (Å²) in [6.45, 7) is 0. The van der Waals surface area contributed by atoms with Crippen molar-refractivity contribution < 1.29 is 0 Å². The lowest BCUT2D eigenvalue weighted by molar-refractivity contribution is 0.951. The van der Waals surface area contributed by atoms with Crippen molar-refractivity contribution in [2.45, 2.75) is 0 Å². The zero-order valence-corrected chi connectivity index (χ0v) is 14.3. The van der Waals surface area contributed by atoms with Crippen molar-refractivity contribution in [3.8, 4) is 22.8 Å². The molecule has 0 spiro atoms. The van der Waals surface area contributed by atoms with E-state index in [1.54, 1.807) is 0 Å². The molecule has 0 aliphatic carbocycles. The molecule has 0 aliphatic heterocycles. The van der Waals surface area contributed by atoms with Gasteiger partial charge in [-0.3, -0.25) is 0 Å². The molecule has 0 saturated heterocycles. The highest BCUT2D eigenvalue weighted by molar-refractivity contribution is 5.87. The van der Waals surface area contributed by atoms with Crippen molar-refractivity contribution in [2.75, 3.05) is 0 Å². The number of hydrogen-bond donors (Lipinski definition) is 0. The van der Waals surface area contributed by atoms with Crippen LogP contribution in [0.25, 0.3) is 44.8 Å². The smallest absolute Gasteiger partial charge is 0.161 e. The normalized spacial score (nSPS) is 11.3. The Morgan fingerprint density at radius 1 is 0.577 bits per heavy atom. The van der Waals surface area contributed by atoms with Crippen LogP contribution in [0.15, 0.2) is 78.9 Å². The van der Waals surface area contributed by atoms with E-state index in [0.717, 1.165) is 44.8 Å². The van der Waals surface area contributed by atoms with Crippen LogP contribution >= 0.6 is 0 Å². The third kappa shape index (κ3) is 2.27. The molecule has 0 atom stereocenters. The topological polar surface area (TPSA) is 43.6 Å². The summed E-state index contributed by atoms with van der Waals surface area (Å²) in [5.74, 6) is 0.823. The quantitative estimate of drug-likeness (QED) is 0.463. The van der Waals surface area contributed by atoms with Crippen LogP contribution in [0.5, 0.6) is 0 Å². The van der Waals surface area contributed by atoms with Crippen molar-refractivity contribution in [3.05, 3.63) is 78.9 Å². The Bertz CT molecular complexity index is 1240. The average Bonchev–Trinajstić information content (AvgIpc) is 3.04. The standard InChI is InChI=1S/C22H16N4/c1-26-19-14-8-7-13-18(19)25-22(26)21-20(15-9-3-2-4-10-15)23-16-11-5-6-12-17(16)24-21/h2-14H,1H3. The number of benzene rings is 3. The summed E-state index contributed by atoms with van der Waals surface area (Å²) < 4.78 is 2.08. The fourth-order valence-corrected chi connectivity index (χ4v) is 3.31. The van der Waals surface area contributed by atoms with Crippen molar-refractivity contribution in [1.29, 1.82) is 0 Å². The Hall–Kier alpha value is -3.53. The van der Waals surface area contributed by atoms with Gasteiger partial charge in [0.05, 0.1) is 22.1 Å². The summed E-state index contributed by atoms with van der Waals surface area (Å²) in [6, 6.07) is 26.2. The highest BCUT2D eigenvalue weighted by atomic mass is 15.1. The second kappa shape index (κ2) is 5.77. The summed E-state index contributed by atoms with van der Waals surface area (Å²) in [5.41, 5.74) is 6.47. The monoisotopic (exact) mass is 336 g/mol. The number of fused-ring (bicyclic) bond motifs is 2. The van der Waals surface area contributed by atoms with Gasteiger partial charge in [-0.15, -0.1) is 0 Å². The van der Waals surface area contributed by atoms with E-state index in [0.29, 0.717) is 0 Å². The van der Waals surface area contributed by atoms with Crippen LogP contribution in [-0.2, 0) is 7.05 Å². The van der Waals surface area contributed by atoms with Gasteiger partial charge in [0.1, 0.15) is 11.4 Å². The van der Waals surface area contributed by atoms with Crippen LogP contribution in [0, 0.1) is 0 Å². The number of hydrogen-bond acceptors (Lipinski definition) is 3. The van der Waals surface area contributed by atoms with E-state index in [9.17, 15) is 0 Å². The zero-order chi connectivity index (χ0) is 17.5. The third-order valence-electron chi connectivity index (χ3n) is 4.62. The molecular weight excluding hydrogens is 320 g/mol. The third-order valence-corrected chi connectivity index (χ3v) is 4.62. The summed E-state index contributed by atoms with van der Waals surface area (Å²) in [7, 11) is 2.02. The molecule has 0 unspecified atom stereocenters. The molecule has 0 aliphatic rings. The maximum atomic E-state index is 4.93. The van der Waals surface area contributed by atoms with E-state index in [2.05, 4.69) is 22.8 Å². The van der Waals surface area contributed by atoms with E-state index in [1.807, 2.05) is 67.7 Å². The number of aryl methyl sites for hydroxylation is 1. The maximum Gasteiger partial charge on any atom is 0.161 e. The minimum Gasteiger partial charge on any atom is -0.326 e. The lowest BCUT2D eigenvalue weighted by Gasteiger charge is -2.10. The Morgan fingerprint density at radius 3 is 1.85 bits per heavy atom. The van der Waals surface area contributed by atoms with E-state index in [-0.39, 0.29) is 0 Å². The van der Waals surface area contributed by atoms with E-state index in [4.69, 9.17) is 15.0 Å². The molecule has 5 rings (SSSR count). The second-order valence-electron chi connectivity index (χ2n) is 6.26. The number of aromatic nitrogens is 4. The molecule has 4 nitrogen and oxygen atoms in total. The highest BCUT2D eigenvalue weighted by Crippen LogP contribution is 2.31. The number of nitrogens with zero attached hydrogens (tertiary/aromatic N) is 4. The fourth-order valence-electron chi connectivity index (χ4n) is 3.31. The molecule has 0 bridgehead atoms. The largest absolute Gasteiger partial charge is 0.326 e. The van der Waals surface area contributed by atoms with Gasteiger partial charge in [0.15, 0.2) is 5.82 Å². The second-order valence-corrected chi connectivity index (χ2v) is 6.26. The number of rotatable bonds is 2. The minimum absolute atomic E-state index is 0.800. The molecule has 3 aromatic carbocycles. The first-order chi connectivity index (χ1) is 12.8. The van der Waals surface area contributed by atoms with Gasteiger partial charge in [0, 0.05) is 12.6 Å². The predicted octanol–water partition coefficient (Wildman–Crippen LogP) is 4.85. The Labute approximate surface area is 150 Å². The van der Waals surface area contributed by atoms with Crippen molar-refractivity contribution in [3.63, 3.8) is 0 Å². The Balaban J connectivity index is 1.87. The number of imidazole rings is 1. The minimum atomic E-state index is 0.800. The summed E-state index contributed by atoms with van der Waals surface area (Å²) >= 11 is 0. The SMILES string of the molecule is Cn1c(-c2nc3ccccc3nc2-c2ccccc2)nc2ccccc21. The van der Waals surface area contributed by atoms with Gasteiger partial charge in [-0.2, -0.15) is 0 Å². The van der Waals surface area contributed by atoms with Gasteiger partial charge < -0.3 is 4.57 Å². The van der Waals surface area contributed by atoms with Gasteiger partial charge in [-0.05, 0) is 24.3 Å². The molecule has 4 heteroatoms. The summed E-state index contributed by atoms with van der Waals surface area (Å²) in [6.07, 6.45) is 0. The number of para-hydroxylation sites is 4. The van der Waals surface area contributed by atoms with Gasteiger partial charge in [-0.25, -0.2) is 15.0 Å². The van der Waals surface area contributed by atoms with E-state index < -0.39 is 0 Å². The van der Waals surface area contributed by atoms with Crippen LogP contribution < -0.4 is 0 Å². The lowest BCUT2D eigenvalue weighted by atomic mass is 10.1. The average molecular weight is 336 g/mol. The van der Waals surface area contributed by atoms with Crippen molar-refractivity contribution in [1.82, 2.24) is 19.5 Å². The molecule has 124 valence electrons. The van der Waals surface area contributed by atoms with Crippen LogP contribution in [0.1, 0.15) is 0 Å². The predicted molar refractivity (Wildman–Crippen MR) is 105 cm³/mol. The lowest BCUT2D eigenvalue weighted by Crippen LogP contribution is -2.00. The van der Waals surface area contributed by atoms with E-state index >= 15 is 0 Å². The molecule has 5 aromatic rings. The van der Waals surface area contributed by atoms with Crippen LogP contribution in [-0.4, -0.2) is 19.5 Å². The Kier molecular flexibility index (Phi) is 3.28. The fraction of sp³-hybridized carbons (Fsp3) is 0.0455. The van der Waals surface area contributed by atoms with Crippen LogP contribution in [0.3, 0.4) is 0 Å². The van der Waals surface area contributed by atoms with Gasteiger partial charge in [-0.1, -0.05) is 54.6 Å². The summed E-state index contributed by atoms with van der Waals surface area (Å²) in [5, 5.41) is 0. The van der Waals surface area contributed by atoms with Crippen molar-refractivity contribution in [2.24, 2.45) is 7.05 Å². The van der Waals surface area contributed by atoms with Crippen molar-refractivity contribution >= 4 is 22.1 Å². The van der Waals surface area contributed by atoms with Crippen LogP contribution in [0.2, 0.25) is 0 Å². The molecule has 2 heterocycles. The molecule has 2 aromatic heterocycles. The molecule has 0 amide bonds. The maximum absolute atomic E-state index is 4.93.